The zero-order chi connectivity index (χ0) is 18.2. The van der Waals surface area contributed by atoms with Gasteiger partial charge in [0.05, 0.1) is 19.3 Å². The van der Waals surface area contributed by atoms with E-state index in [0.717, 1.165) is 17.7 Å². The van der Waals surface area contributed by atoms with Crippen molar-refractivity contribution < 1.29 is 23.8 Å². The lowest BCUT2D eigenvalue weighted by Gasteiger charge is -2.33. The highest BCUT2D eigenvalue weighted by Gasteiger charge is 2.38. The van der Waals surface area contributed by atoms with Crippen LogP contribution < -0.4 is 15.4 Å². The highest BCUT2D eigenvalue weighted by molar-refractivity contribution is 5.85. The van der Waals surface area contributed by atoms with E-state index in [0.29, 0.717) is 18.9 Å². The van der Waals surface area contributed by atoms with Gasteiger partial charge in [-0.15, -0.1) is 0 Å². The van der Waals surface area contributed by atoms with Crippen LogP contribution in [-0.4, -0.2) is 38.9 Å². The predicted octanol–water partition coefficient (Wildman–Crippen LogP) is 2.15. The Morgan fingerprint density at radius 3 is 2.56 bits per heavy atom. The Balaban J connectivity index is 2.16. The van der Waals surface area contributed by atoms with Crippen LogP contribution in [0.1, 0.15) is 24.9 Å². The van der Waals surface area contributed by atoms with Gasteiger partial charge >= 0.3 is 12.0 Å². The van der Waals surface area contributed by atoms with Crippen LogP contribution in [0.15, 0.2) is 36.5 Å². The average Bonchev–Trinajstić information content (AvgIpc) is 2.59. The Labute approximate surface area is 147 Å². The maximum Gasteiger partial charge on any atom is 0.319 e. The number of methoxy groups -OCH3 is 1. The number of carbonyl (C=O) groups excluding carboxylic acids is 2. The van der Waals surface area contributed by atoms with Gasteiger partial charge in [-0.25, -0.2) is 4.79 Å². The molecule has 1 aromatic rings. The van der Waals surface area contributed by atoms with Crippen LogP contribution in [0.2, 0.25) is 0 Å². The second-order valence-electron chi connectivity index (χ2n) is 5.66. The molecule has 1 aromatic carbocycles. The fraction of sp³-hybridized carbons (Fsp3) is 0.444. The van der Waals surface area contributed by atoms with E-state index in [1.54, 1.807) is 0 Å². The molecule has 0 bridgehead atoms. The molecule has 7 nitrogen and oxygen atoms in total. The molecule has 2 rings (SSSR count). The summed E-state index contributed by atoms with van der Waals surface area (Å²) in [6, 6.07) is 6.32. The summed E-state index contributed by atoms with van der Waals surface area (Å²) in [6.45, 7) is 6.91. The molecule has 25 heavy (non-hydrogen) atoms. The maximum atomic E-state index is 12.4. The molecule has 1 aliphatic heterocycles. The normalized spacial score (nSPS) is 19.8. The molecule has 0 saturated carbocycles. The molecule has 2 N–H and O–H groups in total. The van der Waals surface area contributed by atoms with Crippen molar-refractivity contribution in [2.24, 2.45) is 5.92 Å². The van der Waals surface area contributed by atoms with Gasteiger partial charge in [-0.05, 0) is 24.1 Å². The number of rotatable bonds is 8. The second-order valence-corrected chi connectivity index (χ2v) is 5.66. The second kappa shape index (κ2) is 9.08. The first kappa shape index (κ1) is 18.8. The lowest BCUT2D eigenvalue weighted by molar-refractivity contribution is -0.149. The maximum absolute atomic E-state index is 12.4. The minimum atomic E-state index is -0.725. The Morgan fingerprint density at radius 2 is 1.92 bits per heavy atom. The number of hydrogen-bond acceptors (Lipinski definition) is 5. The monoisotopic (exact) mass is 348 g/mol. The van der Waals surface area contributed by atoms with Crippen LogP contribution in [-0.2, 0) is 14.3 Å². The molecular formula is C18H24N2O5. The minimum Gasteiger partial charge on any atom is -0.494 e. The molecule has 0 unspecified atom stereocenters. The zero-order valence-corrected chi connectivity index (χ0v) is 14.5. The summed E-state index contributed by atoms with van der Waals surface area (Å²) in [7, 11) is 1.53. The van der Waals surface area contributed by atoms with Crippen LogP contribution in [0.4, 0.5) is 4.79 Å². The van der Waals surface area contributed by atoms with E-state index < -0.39 is 24.0 Å². The third kappa shape index (κ3) is 4.96. The van der Waals surface area contributed by atoms with E-state index in [1.165, 1.54) is 7.11 Å². The number of hydrogen-bond donors (Lipinski definition) is 2. The number of benzene rings is 1. The van der Waals surface area contributed by atoms with Gasteiger partial charge in [-0.3, -0.25) is 4.79 Å². The number of ether oxygens (including phenoxy) is 3. The Kier molecular flexibility index (Phi) is 6.82. The van der Waals surface area contributed by atoms with Gasteiger partial charge in [0.15, 0.2) is 0 Å². The lowest BCUT2D eigenvalue weighted by atomic mass is 9.89. The summed E-state index contributed by atoms with van der Waals surface area (Å²) in [4.78, 5) is 24.2. The Morgan fingerprint density at radius 1 is 1.20 bits per heavy atom. The van der Waals surface area contributed by atoms with Crippen molar-refractivity contribution in [1.82, 2.24) is 10.6 Å². The standard InChI is InChI=1S/C18H24N2O5/c1-4-9-24-14-7-5-13(6-8-14)16-15(12(2)19-18(22)20-16)17(21)25-11-10-23-3/h5-8,15-16H,2,4,9-11H2,1,3H3,(H2,19,20,22)/t15-,16+/m0/s1. The van der Waals surface area contributed by atoms with Crippen LogP contribution in [0.3, 0.4) is 0 Å². The average molecular weight is 348 g/mol. The van der Waals surface area contributed by atoms with Crippen molar-refractivity contribution in [2.45, 2.75) is 19.4 Å². The molecule has 1 saturated heterocycles. The molecule has 136 valence electrons. The predicted molar refractivity (Wildman–Crippen MR) is 92.1 cm³/mol. The van der Waals surface area contributed by atoms with Crippen molar-refractivity contribution >= 4 is 12.0 Å². The summed E-state index contributed by atoms with van der Waals surface area (Å²) < 4.78 is 15.7. The Hall–Kier alpha value is -2.54. The third-order valence-corrected chi connectivity index (χ3v) is 3.77. The van der Waals surface area contributed by atoms with E-state index in [9.17, 15) is 9.59 Å². The molecule has 1 fully saturated rings. The Bertz CT molecular complexity index is 614. The van der Waals surface area contributed by atoms with Crippen molar-refractivity contribution in [3.8, 4) is 5.75 Å². The van der Waals surface area contributed by atoms with Gasteiger partial charge in [0.1, 0.15) is 18.3 Å². The highest BCUT2D eigenvalue weighted by Crippen LogP contribution is 2.31. The molecule has 0 spiro atoms. The van der Waals surface area contributed by atoms with Gasteiger partial charge in [0.2, 0.25) is 0 Å². The van der Waals surface area contributed by atoms with Gasteiger partial charge in [-0.2, -0.15) is 0 Å². The fourth-order valence-electron chi connectivity index (χ4n) is 2.55. The molecule has 1 aliphatic rings. The largest absolute Gasteiger partial charge is 0.494 e. The molecule has 0 aliphatic carbocycles. The van der Waals surface area contributed by atoms with Gasteiger partial charge in [0, 0.05) is 12.8 Å². The van der Waals surface area contributed by atoms with Crippen LogP contribution in [0.5, 0.6) is 5.75 Å². The third-order valence-electron chi connectivity index (χ3n) is 3.77. The number of esters is 1. The number of urea groups is 1. The molecule has 7 heteroatoms. The van der Waals surface area contributed by atoms with Crippen LogP contribution in [0.25, 0.3) is 0 Å². The summed E-state index contributed by atoms with van der Waals surface area (Å²) in [5, 5.41) is 5.30. The summed E-state index contributed by atoms with van der Waals surface area (Å²) >= 11 is 0. The summed E-state index contributed by atoms with van der Waals surface area (Å²) in [6.07, 6.45) is 0.918. The molecule has 0 aromatic heterocycles. The SMILES string of the molecule is C=C1NC(=O)N[C@H](c2ccc(OCCC)cc2)[C@H]1C(=O)OCCOC. The minimum absolute atomic E-state index is 0.142. The smallest absolute Gasteiger partial charge is 0.319 e. The number of amides is 2. The molecule has 1 heterocycles. The van der Waals surface area contributed by atoms with Crippen molar-refractivity contribution in [3.63, 3.8) is 0 Å². The number of carbonyl (C=O) groups is 2. The van der Waals surface area contributed by atoms with Crippen molar-refractivity contribution in [1.29, 1.82) is 0 Å². The first-order valence-electron chi connectivity index (χ1n) is 8.21. The summed E-state index contributed by atoms with van der Waals surface area (Å²) in [5.74, 6) is -0.452. The molecule has 2 atom stereocenters. The van der Waals surface area contributed by atoms with Crippen molar-refractivity contribution in [2.75, 3.05) is 26.9 Å². The van der Waals surface area contributed by atoms with Crippen molar-refractivity contribution in [3.05, 3.63) is 42.1 Å². The zero-order valence-electron chi connectivity index (χ0n) is 14.5. The van der Waals surface area contributed by atoms with E-state index in [4.69, 9.17) is 14.2 Å². The van der Waals surface area contributed by atoms with Crippen LogP contribution >= 0.6 is 0 Å². The van der Waals surface area contributed by atoms with E-state index >= 15 is 0 Å². The summed E-state index contributed by atoms with van der Waals surface area (Å²) in [5.41, 5.74) is 1.08. The fourth-order valence-corrected chi connectivity index (χ4v) is 2.55. The van der Waals surface area contributed by atoms with E-state index in [2.05, 4.69) is 17.2 Å². The molecule has 0 radical (unpaired) electrons. The first-order valence-corrected chi connectivity index (χ1v) is 8.21. The first-order chi connectivity index (χ1) is 12.1. The van der Waals surface area contributed by atoms with Crippen LogP contribution in [0, 0.1) is 5.92 Å². The highest BCUT2D eigenvalue weighted by atomic mass is 16.6. The van der Waals surface area contributed by atoms with E-state index in [1.807, 2.05) is 31.2 Å². The molecule has 2 amide bonds. The quantitative estimate of drug-likeness (QED) is 0.555. The molecular weight excluding hydrogens is 324 g/mol. The van der Waals surface area contributed by atoms with E-state index in [-0.39, 0.29) is 6.61 Å². The lowest BCUT2D eigenvalue weighted by Crippen LogP contribution is -2.51. The number of nitrogens with one attached hydrogen (secondary N) is 2. The topological polar surface area (TPSA) is 85.9 Å². The van der Waals surface area contributed by atoms with Gasteiger partial charge < -0.3 is 24.8 Å². The van der Waals surface area contributed by atoms with Gasteiger partial charge in [-0.1, -0.05) is 25.6 Å². The van der Waals surface area contributed by atoms with Gasteiger partial charge in [0.25, 0.3) is 0 Å².